The number of aryl methyl sites for hydroxylation is 2. The summed E-state index contributed by atoms with van der Waals surface area (Å²) in [5.41, 5.74) is 9.21. The highest BCUT2D eigenvalue weighted by Crippen LogP contribution is 2.18. The third-order valence-corrected chi connectivity index (χ3v) is 2.82. The third kappa shape index (κ3) is 3.66. The maximum atomic E-state index is 8.62. The Kier molecular flexibility index (Phi) is 4.37. The van der Waals surface area contributed by atoms with Crippen molar-refractivity contribution in [3.8, 4) is 0 Å². The number of rotatable bonds is 4. The van der Waals surface area contributed by atoms with Gasteiger partial charge in [-0.3, -0.25) is 0 Å². The second-order valence-corrected chi connectivity index (χ2v) is 4.65. The molecule has 4 nitrogen and oxygen atoms in total. The van der Waals surface area contributed by atoms with Crippen LogP contribution >= 0.6 is 0 Å². The number of oxime groups is 1. The Hall–Kier alpha value is -1.71. The second kappa shape index (κ2) is 5.57. The van der Waals surface area contributed by atoms with E-state index in [1.54, 1.807) is 0 Å². The van der Waals surface area contributed by atoms with Crippen LogP contribution in [0.4, 0.5) is 5.69 Å². The fourth-order valence-electron chi connectivity index (χ4n) is 1.88. The molecule has 1 aromatic carbocycles. The Morgan fingerprint density at radius 1 is 1.35 bits per heavy atom. The molecule has 0 aliphatic heterocycles. The van der Waals surface area contributed by atoms with Crippen molar-refractivity contribution in [3.05, 3.63) is 29.3 Å². The predicted molar refractivity (Wildman–Crippen MR) is 71.8 cm³/mol. The fraction of sp³-hybridized carbons (Fsp3) is 0.462. The van der Waals surface area contributed by atoms with Gasteiger partial charge in [-0.2, -0.15) is 0 Å². The van der Waals surface area contributed by atoms with Gasteiger partial charge < -0.3 is 15.8 Å². The van der Waals surface area contributed by atoms with Crippen LogP contribution in [0.5, 0.6) is 0 Å². The molecular formula is C13H21N3O. The van der Waals surface area contributed by atoms with E-state index in [0.717, 1.165) is 12.2 Å². The maximum absolute atomic E-state index is 8.62. The van der Waals surface area contributed by atoms with Crippen LogP contribution in [0.3, 0.4) is 0 Å². The minimum atomic E-state index is 0.0193. The quantitative estimate of drug-likeness (QED) is 0.364. The van der Waals surface area contributed by atoms with Crippen LogP contribution in [-0.2, 0) is 0 Å². The molecule has 4 heteroatoms. The minimum absolute atomic E-state index is 0.0193. The van der Waals surface area contributed by atoms with Gasteiger partial charge in [-0.1, -0.05) is 18.1 Å². The SMILES string of the molecule is Cc1cc(C)cc(N(C)CC(C)C(N)=NO)c1. The maximum Gasteiger partial charge on any atom is 0.143 e. The van der Waals surface area contributed by atoms with Crippen molar-refractivity contribution in [1.29, 1.82) is 0 Å². The molecule has 0 saturated heterocycles. The molecule has 0 saturated carbocycles. The molecule has 0 aliphatic rings. The summed E-state index contributed by atoms with van der Waals surface area (Å²) < 4.78 is 0. The van der Waals surface area contributed by atoms with Crippen LogP contribution in [0.25, 0.3) is 0 Å². The predicted octanol–water partition coefficient (Wildman–Crippen LogP) is 2.12. The van der Waals surface area contributed by atoms with Crippen LogP contribution in [0.1, 0.15) is 18.1 Å². The summed E-state index contributed by atoms with van der Waals surface area (Å²) in [6.07, 6.45) is 0. The van der Waals surface area contributed by atoms with Crippen LogP contribution in [0.15, 0.2) is 23.4 Å². The van der Waals surface area contributed by atoms with Gasteiger partial charge in [0.15, 0.2) is 0 Å². The van der Waals surface area contributed by atoms with E-state index in [0.29, 0.717) is 0 Å². The normalized spacial score (nSPS) is 13.5. The molecule has 0 aromatic heterocycles. The molecule has 0 spiro atoms. The zero-order chi connectivity index (χ0) is 13.0. The van der Waals surface area contributed by atoms with Crippen molar-refractivity contribution in [2.45, 2.75) is 20.8 Å². The van der Waals surface area contributed by atoms with E-state index in [9.17, 15) is 0 Å². The highest BCUT2D eigenvalue weighted by molar-refractivity contribution is 5.82. The van der Waals surface area contributed by atoms with E-state index in [2.05, 4.69) is 42.1 Å². The number of nitrogens with two attached hydrogens (primary N) is 1. The van der Waals surface area contributed by atoms with Gasteiger partial charge in [0.05, 0.1) is 0 Å². The number of hydrogen-bond acceptors (Lipinski definition) is 3. The first-order valence-corrected chi connectivity index (χ1v) is 5.71. The molecule has 0 radical (unpaired) electrons. The first-order chi connectivity index (χ1) is 7.93. The molecule has 0 aliphatic carbocycles. The van der Waals surface area contributed by atoms with Crippen molar-refractivity contribution >= 4 is 11.5 Å². The van der Waals surface area contributed by atoms with Crippen molar-refractivity contribution in [2.24, 2.45) is 16.8 Å². The van der Waals surface area contributed by atoms with E-state index in [1.165, 1.54) is 11.1 Å². The molecule has 0 heterocycles. The summed E-state index contributed by atoms with van der Waals surface area (Å²) in [6, 6.07) is 6.41. The molecule has 1 atom stereocenters. The Morgan fingerprint density at radius 3 is 2.35 bits per heavy atom. The lowest BCUT2D eigenvalue weighted by Gasteiger charge is -2.23. The van der Waals surface area contributed by atoms with Gasteiger partial charge in [0.2, 0.25) is 0 Å². The number of nitrogens with zero attached hydrogens (tertiary/aromatic N) is 2. The molecule has 1 aromatic rings. The van der Waals surface area contributed by atoms with Gasteiger partial charge in [-0.15, -0.1) is 0 Å². The van der Waals surface area contributed by atoms with Crippen molar-refractivity contribution in [3.63, 3.8) is 0 Å². The first-order valence-electron chi connectivity index (χ1n) is 5.71. The Labute approximate surface area is 103 Å². The largest absolute Gasteiger partial charge is 0.409 e. The van der Waals surface area contributed by atoms with Crippen LogP contribution in [0, 0.1) is 19.8 Å². The van der Waals surface area contributed by atoms with Crippen LogP contribution < -0.4 is 10.6 Å². The van der Waals surface area contributed by atoms with Gasteiger partial charge in [0, 0.05) is 25.2 Å². The van der Waals surface area contributed by atoms with Gasteiger partial charge in [-0.05, 0) is 37.1 Å². The van der Waals surface area contributed by atoms with Crippen molar-refractivity contribution < 1.29 is 5.21 Å². The summed E-state index contributed by atoms with van der Waals surface area (Å²) in [5.74, 6) is 0.284. The zero-order valence-corrected chi connectivity index (χ0v) is 10.9. The Bertz CT molecular complexity index is 395. The minimum Gasteiger partial charge on any atom is -0.409 e. The highest BCUT2D eigenvalue weighted by Gasteiger charge is 2.11. The summed E-state index contributed by atoms with van der Waals surface area (Å²) in [5, 5.41) is 11.7. The first kappa shape index (κ1) is 13.4. The van der Waals surface area contributed by atoms with Crippen molar-refractivity contribution in [2.75, 3.05) is 18.5 Å². The number of benzene rings is 1. The fourth-order valence-corrected chi connectivity index (χ4v) is 1.88. The molecule has 94 valence electrons. The summed E-state index contributed by atoms with van der Waals surface area (Å²) >= 11 is 0. The molecule has 1 unspecified atom stereocenters. The number of hydrogen-bond donors (Lipinski definition) is 2. The van der Waals surface area contributed by atoms with E-state index < -0.39 is 0 Å². The van der Waals surface area contributed by atoms with Crippen molar-refractivity contribution in [1.82, 2.24) is 0 Å². The average molecular weight is 235 g/mol. The monoisotopic (exact) mass is 235 g/mol. The highest BCUT2D eigenvalue weighted by atomic mass is 16.4. The summed E-state index contributed by atoms with van der Waals surface area (Å²) in [6.45, 7) is 6.82. The van der Waals surface area contributed by atoms with Crippen LogP contribution in [-0.4, -0.2) is 24.6 Å². The van der Waals surface area contributed by atoms with E-state index in [-0.39, 0.29) is 11.8 Å². The Balaban J connectivity index is 2.79. The molecule has 0 fully saturated rings. The summed E-state index contributed by atoms with van der Waals surface area (Å²) in [4.78, 5) is 2.11. The lowest BCUT2D eigenvalue weighted by Crippen LogP contribution is -2.32. The van der Waals surface area contributed by atoms with E-state index in [1.807, 2.05) is 14.0 Å². The molecule has 3 N–H and O–H groups in total. The molecule has 0 amide bonds. The second-order valence-electron chi connectivity index (χ2n) is 4.65. The Morgan fingerprint density at radius 2 is 1.88 bits per heavy atom. The number of amidine groups is 1. The van der Waals surface area contributed by atoms with Gasteiger partial charge in [0.25, 0.3) is 0 Å². The smallest absolute Gasteiger partial charge is 0.143 e. The molecule has 1 rings (SSSR count). The standard InChI is InChI=1S/C13H21N3O/c1-9-5-10(2)7-12(6-9)16(4)8-11(3)13(14)15-17/h5-7,11,17H,8H2,1-4H3,(H2,14,15). The third-order valence-electron chi connectivity index (χ3n) is 2.82. The number of anilines is 1. The van der Waals surface area contributed by atoms with Crippen LogP contribution in [0.2, 0.25) is 0 Å². The van der Waals surface area contributed by atoms with E-state index in [4.69, 9.17) is 10.9 Å². The average Bonchev–Trinajstić information content (AvgIpc) is 2.26. The topological polar surface area (TPSA) is 61.8 Å². The van der Waals surface area contributed by atoms with Gasteiger partial charge in [0.1, 0.15) is 5.84 Å². The lowest BCUT2D eigenvalue weighted by molar-refractivity contribution is 0.314. The zero-order valence-electron chi connectivity index (χ0n) is 10.9. The summed E-state index contributed by atoms with van der Waals surface area (Å²) in [7, 11) is 2.01. The molecule has 0 bridgehead atoms. The van der Waals surface area contributed by atoms with Gasteiger partial charge >= 0.3 is 0 Å². The lowest BCUT2D eigenvalue weighted by atomic mass is 10.1. The van der Waals surface area contributed by atoms with Gasteiger partial charge in [-0.25, -0.2) is 0 Å². The van der Waals surface area contributed by atoms with E-state index >= 15 is 0 Å². The molecular weight excluding hydrogens is 214 g/mol. The molecule has 17 heavy (non-hydrogen) atoms.